The van der Waals surface area contributed by atoms with Crippen LogP contribution in [0.4, 0.5) is 5.13 Å². The van der Waals surface area contributed by atoms with Gasteiger partial charge in [0.05, 0.1) is 4.88 Å². The fourth-order valence-electron chi connectivity index (χ4n) is 0.925. The largest absolute Gasteiger partial charge is 0.296 e. The van der Waals surface area contributed by atoms with Crippen molar-refractivity contribution >= 4 is 53.4 Å². The van der Waals surface area contributed by atoms with Crippen molar-refractivity contribution in [3.63, 3.8) is 0 Å². The third-order valence-electron chi connectivity index (χ3n) is 1.58. The number of anilines is 1. The summed E-state index contributed by atoms with van der Waals surface area (Å²) in [4.78, 5) is 12.1. The molecule has 0 bridgehead atoms. The average molecular weight is 310 g/mol. The molecule has 10 heteroatoms. The van der Waals surface area contributed by atoms with Gasteiger partial charge in [0.1, 0.15) is 0 Å². The second-order valence-corrected chi connectivity index (χ2v) is 7.41. The van der Waals surface area contributed by atoms with E-state index < -0.39 is 9.05 Å². The molecule has 17 heavy (non-hydrogen) atoms. The smallest absolute Gasteiger partial charge is 0.290 e. The Morgan fingerprint density at radius 3 is 2.71 bits per heavy atom. The number of carbonyl (C=O) groups is 1. The highest BCUT2D eigenvalue weighted by atomic mass is 35.7. The minimum Gasteiger partial charge on any atom is -0.296 e. The number of thiophene rings is 1. The zero-order valence-electron chi connectivity index (χ0n) is 7.95. The van der Waals surface area contributed by atoms with Crippen LogP contribution in [0.2, 0.25) is 0 Å². The van der Waals surface area contributed by atoms with Crippen LogP contribution in [-0.2, 0) is 9.05 Å². The van der Waals surface area contributed by atoms with Crippen LogP contribution in [0.3, 0.4) is 0 Å². The predicted octanol–water partition coefficient (Wildman–Crippen LogP) is 1.78. The van der Waals surface area contributed by atoms with Crippen molar-refractivity contribution in [2.45, 2.75) is 4.34 Å². The second kappa shape index (κ2) is 4.69. The molecule has 0 unspecified atom stereocenters. The third kappa shape index (κ3) is 3.00. The molecular formula is C7H4ClN3O3S3. The summed E-state index contributed by atoms with van der Waals surface area (Å²) < 4.78 is 21.5. The van der Waals surface area contributed by atoms with E-state index in [9.17, 15) is 13.2 Å². The Kier molecular flexibility index (Phi) is 3.43. The highest BCUT2D eigenvalue weighted by Gasteiger charge is 2.18. The lowest BCUT2D eigenvalue weighted by Gasteiger charge is -1.95. The van der Waals surface area contributed by atoms with Gasteiger partial charge in [-0.3, -0.25) is 10.1 Å². The van der Waals surface area contributed by atoms with Crippen LogP contribution in [0.15, 0.2) is 21.9 Å². The van der Waals surface area contributed by atoms with E-state index in [4.69, 9.17) is 10.7 Å². The lowest BCUT2D eigenvalue weighted by atomic mass is 10.4. The van der Waals surface area contributed by atoms with Crippen molar-refractivity contribution in [3.8, 4) is 0 Å². The molecule has 90 valence electrons. The molecule has 0 atom stereocenters. The summed E-state index contributed by atoms with van der Waals surface area (Å²) in [6, 6.07) is 3.37. The van der Waals surface area contributed by atoms with Crippen molar-refractivity contribution in [2.75, 3.05) is 5.32 Å². The van der Waals surface area contributed by atoms with E-state index in [-0.39, 0.29) is 15.4 Å². The van der Waals surface area contributed by atoms with Crippen molar-refractivity contribution in [2.24, 2.45) is 0 Å². The first-order chi connectivity index (χ1) is 7.97. The maximum atomic E-state index is 11.6. The SMILES string of the molecule is O=C(Nc1nnc(S(=O)(=O)Cl)s1)c1cccs1. The number of aromatic nitrogens is 2. The van der Waals surface area contributed by atoms with E-state index in [1.807, 2.05) is 0 Å². The molecule has 1 amide bonds. The van der Waals surface area contributed by atoms with E-state index in [0.29, 0.717) is 16.2 Å². The lowest BCUT2D eigenvalue weighted by molar-refractivity contribution is 0.103. The van der Waals surface area contributed by atoms with Gasteiger partial charge in [0, 0.05) is 10.7 Å². The Bertz CT molecular complexity index is 634. The molecule has 2 aromatic rings. The van der Waals surface area contributed by atoms with Gasteiger partial charge in [-0.2, -0.15) is 0 Å². The van der Waals surface area contributed by atoms with Gasteiger partial charge in [-0.1, -0.05) is 17.4 Å². The van der Waals surface area contributed by atoms with E-state index in [1.165, 1.54) is 11.3 Å². The summed E-state index contributed by atoms with van der Waals surface area (Å²) in [5, 5.41) is 11.1. The number of halogens is 1. The summed E-state index contributed by atoms with van der Waals surface area (Å²) in [6.07, 6.45) is 0. The Balaban J connectivity index is 2.15. The molecule has 1 N–H and O–H groups in total. The van der Waals surface area contributed by atoms with E-state index in [1.54, 1.807) is 17.5 Å². The molecule has 2 heterocycles. The summed E-state index contributed by atoms with van der Waals surface area (Å²) in [6.45, 7) is 0. The fraction of sp³-hybridized carbons (Fsp3) is 0. The number of nitrogens with zero attached hydrogens (tertiary/aromatic N) is 2. The number of amides is 1. The molecular weight excluding hydrogens is 306 g/mol. The van der Waals surface area contributed by atoms with Crippen LogP contribution in [-0.4, -0.2) is 24.5 Å². The predicted molar refractivity (Wildman–Crippen MR) is 65.2 cm³/mol. The highest BCUT2D eigenvalue weighted by Crippen LogP contribution is 2.23. The summed E-state index contributed by atoms with van der Waals surface area (Å²) in [5.74, 6) is -0.366. The van der Waals surface area contributed by atoms with E-state index in [2.05, 4.69) is 15.5 Å². The topological polar surface area (TPSA) is 89.0 Å². The van der Waals surface area contributed by atoms with Crippen LogP contribution in [0, 0.1) is 0 Å². The molecule has 2 aromatic heterocycles. The van der Waals surface area contributed by atoms with Gasteiger partial charge in [0.2, 0.25) is 9.47 Å². The monoisotopic (exact) mass is 309 g/mol. The van der Waals surface area contributed by atoms with Crippen molar-refractivity contribution < 1.29 is 13.2 Å². The van der Waals surface area contributed by atoms with Crippen LogP contribution in [0.5, 0.6) is 0 Å². The van der Waals surface area contributed by atoms with Crippen LogP contribution in [0.25, 0.3) is 0 Å². The average Bonchev–Trinajstić information content (AvgIpc) is 2.85. The van der Waals surface area contributed by atoms with E-state index in [0.717, 1.165) is 0 Å². The maximum Gasteiger partial charge on any atom is 0.290 e. The van der Waals surface area contributed by atoms with Crippen LogP contribution >= 0.6 is 33.4 Å². The minimum absolute atomic E-state index is 0.0858. The summed E-state index contributed by atoms with van der Waals surface area (Å²) in [5.41, 5.74) is 0. The third-order valence-corrected chi connectivity index (χ3v) is 5.20. The number of hydrogen-bond acceptors (Lipinski definition) is 7. The van der Waals surface area contributed by atoms with E-state index >= 15 is 0 Å². The number of rotatable bonds is 3. The first kappa shape index (κ1) is 12.4. The Morgan fingerprint density at radius 1 is 1.41 bits per heavy atom. The molecule has 0 fully saturated rings. The molecule has 0 aliphatic carbocycles. The summed E-state index contributed by atoms with van der Waals surface area (Å²) in [7, 11) is 1.17. The van der Waals surface area contributed by atoms with Gasteiger partial charge in [0.25, 0.3) is 15.0 Å². The standard InChI is InChI=1S/C7H4ClN3O3S3/c8-17(13,14)7-11-10-6(16-7)9-5(12)4-2-1-3-15-4/h1-3H,(H,9,10,12). The van der Waals surface area contributed by atoms with Gasteiger partial charge in [-0.05, 0) is 11.4 Å². The van der Waals surface area contributed by atoms with Crippen molar-refractivity contribution in [1.82, 2.24) is 10.2 Å². The molecule has 0 spiro atoms. The first-order valence-corrected chi connectivity index (χ1v) is 8.10. The number of nitrogens with one attached hydrogen (secondary N) is 1. The molecule has 0 radical (unpaired) electrons. The van der Waals surface area contributed by atoms with Crippen molar-refractivity contribution in [3.05, 3.63) is 22.4 Å². The Labute approximate surface area is 109 Å². The van der Waals surface area contributed by atoms with Gasteiger partial charge in [-0.15, -0.1) is 21.5 Å². The van der Waals surface area contributed by atoms with Crippen molar-refractivity contribution in [1.29, 1.82) is 0 Å². The normalized spacial score (nSPS) is 11.4. The van der Waals surface area contributed by atoms with Gasteiger partial charge in [-0.25, -0.2) is 8.42 Å². The van der Waals surface area contributed by atoms with Gasteiger partial charge >= 0.3 is 0 Å². The minimum atomic E-state index is -3.90. The van der Waals surface area contributed by atoms with Crippen LogP contribution < -0.4 is 5.32 Å². The van der Waals surface area contributed by atoms with Gasteiger partial charge < -0.3 is 0 Å². The molecule has 6 nitrogen and oxygen atoms in total. The molecule has 0 aliphatic rings. The molecule has 0 saturated carbocycles. The lowest BCUT2D eigenvalue weighted by Crippen LogP contribution is -2.09. The molecule has 0 saturated heterocycles. The zero-order chi connectivity index (χ0) is 12.5. The Morgan fingerprint density at radius 2 is 2.18 bits per heavy atom. The number of carbonyl (C=O) groups excluding carboxylic acids is 1. The number of hydrogen-bond donors (Lipinski definition) is 1. The van der Waals surface area contributed by atoms with Crippen LogP contribution in [0.1, 0.15) is 9.67 Å². The maximum absolute atomic E-state index is 11.6. The fourth-order valence-corrected chi connectivity index (χ4v) is 3.17. The molecule has 0 aliphatic heterocycles. The first-order valence-electron chi connectivity index (χ1n) is 4.10. The zero-order valence-corrected chi connectivity index (χ0v) is 11.2. The summed E-state index contributed by atoms with van der Waals surface area (Å²) >= 11 is 1.96. The second-order valence-electron chi connectivity index (χ2n) is 2.74. The van der Waals surface area contributed by atoms with Gasteiger partial charge in [0.15, 0.2) is 0 Å². The highest BCUT2D eigenvalue weighted by molar-refractivity contribution is 8.15. The quantitative estimate of drug-likeness (QED) is 0.689. The Hall–Kier alpha value is -1.03. The molecule has 0 aromatic carbocycles. The molecule has 2 rings (SSSR count).